The third kappa shape index (κ3) is 3.65. The SMILES string of the molecule is O=C(O)Cc1ccc(S(=O)(=O)Nc2cc(Cl)ncn2)s1. The third-order valence-corrected chi connectivity index (χ3v) is 5.24. The second kappa shape index (κ2) is 5.73. The van der Waals surface area contributed by atoms with E-state index >= 15 is 0 Å². The lowest BCUT2D eigenvalue weighted by Crippen LogP contribution is -2.12. The van der Waals surface area contributed by atoms with Gasteiger partial charge in [-0.15, -0.1) is 11.3 Å². The highest BCUT2D eigenvalue weighted by molar-refractivity contribution is 7.94. The Morgan fingerprint density at radius 1 is 1.40 bits per heavy atom. The second-order valence-corrected chi connectivity index (χ2v) is 7.09. The summed E-state index contributed by atoms with van der Waals surface area (Å²) in [5.41, 5.74) is 0. The summed E-state index contributed by atoms with van der Waals surface area (Å²) in [5, 5.41) is 8.76. The number of carboxylic acid groups (broad SMARTS) is 1. The molecule has 0 atom stereocenters. The minimum absolute atomic E-state index is 0.00323. The maximum absolute atomic E-state index is 12.1. The van der Waals surface area contributed by atoms with E-state index in [1.807, 2.05) is 0 Å². The predicted molar refractivity (Wildman–Crippen MR) is 73.5 cm³/mol. The van der Waals surface area contributed by atoms with E-state index in [9.17, 15) is 13.2 Å². The molecule has 2 heterocycles. The zero-order valence-electron chi connectivity index (χ0n) is 9.78. The van der Waals surface area contributed by atoms with Crippen LogP contribution in [-0.4, -0.2) is 29.5 Å². The molecule has 0 aliphatic rings. The summed E-state index contributed by atoms with van der Waals surface area (Å²) in [6.07, 6.45) is 0.907. The average molecular weight is 334 g/mol. The molecule has 20 heavy (non-hydrogen) atoms. The summed E-state index contributed by atoms with van der Waals surface area (Å²) < 4.78 is 26.4. The molecule has 0 fully saturated rings. The number of aliphatic carboxylic acids is 1. The summed E-state index contributed by atoms with van der Waals surface area (Å²) >= 11 is 6.52. The number of nitrogens with zero attached hydrogens (tertiary/aromatic N) is 2. The van der Waals surface area contributed by atoms with E-state index in [1.165, 1.54) is 18.2 Å². The van der Waals surface area contributed by atoms with Crippen LogP contribution in [0.4, 0.5) is 5.82 Å². The molecule has 0 aliphatic heterocycles. The number of sulfonamides is 1. The summed E-state index contributed by atoms with van der Waals surface area (Å²) in [5.74, 6) is -0.982. The van der Waals surface area contributed by atoms with E-state index in [4.69, 9.17) is 16.7 Å². The van der Waals surface area contributed by atoms with E-state index < -0.39 is 16.0 Å². The lowest BCUT2D eigenvalue weighted by Gasteiger charge is -2.04. The van der Waals surface area contributed by atoms with Gasteiger partial charge in [0, 0.05) is 10.9 Å². The van der Waals surface area contributed by atoms with Gasteiger partial charge in [-0.1, -0.05) is 11.6 Å². The first kappa shape index (κ1) is 14.7. The first-order chi connectivity index (χ1) is 9.37. The Balaban J connectivity index is 2.22. The predicted octanol–water partition coefficient (Wildman–Crippen LogP) is 1.62. The van der Waals surface area contributed by atoms with Gasteiger partial charge in [0.25, 0.3) is 10.0 Å². The van der Waals surface area contributed by atoms with Crippen molar-refractivity contribution in [2.24, 2.45) is 0 Å². The summed E-state index contributed by atoms with van der Waals surface area (Å²) in [6, 6.07) is 4.07. The van der Waals surface area contributed by atoms with Crippen molar-refractivity contribution in [2.75, 3.05) is 4.72 Å². The van der Waals surface area contributed by atoms with Crippen molar-refractivity contribution in [1.82, 2.24) is 9.97 Å². The molecule has 2 aromatic rings. The molecule has 0 saturated carbocycles. The topological polar surface area (TPSA) is 109 Å². The van der Waals surface area contributed by atoms with Crippen molar-refractivity contribution in [2.45, 2.75) is 10.6 Å². The van der Waals surface area contributed by atoms with Crippen LogP contribution in [0.3, 0.4) is 0 Å². The Labute approximate surface area is 123 Å². The van der Waals surface area contributed by atoms with Gasteiger partial charge in [-0.05, 0) is 12.1 Å². The quantitative estimate of drug-likeness (QED) is 0.805. The largest absolute Gasteiger partial charge is 0.481 e. The Morgan fingerprint density at radius 3 is 2.80 bits per heavy atom. The van der Waals surface area contributed by atoms with Crippen LogP contribution in [-0.2, 0) is 21.2 Å². The fourth-order valence-electron chi connectivity index (χ4n) is 1.32. The van der Waals surface area contributed by atoms with E-state index in [-0.39, 0.29) is 21.6 Å². The highest BCUT2D eigenvalue weighted by atomic mass is 35.5. The highest BCUT2D eigenvalue weighted by Gasteiger charge is 2.18. The van der Waals surface area contributed by atoms with Gasteiger partial charge in [0.2, 0.25) is 0 Å². The number of hydrogen-bond donors (Lipinski definition) is 2. The van der Waals surface area contributed by atoms with Crippen molar-refractivity contribution < 1.29 is 18.3 Å². The van der Waals surface area contributed by atoms with Crippen molar-refractivity contribution in [1.29, 1.82) is 0 Å². The fourth-order valence-corrected chi connectivity index (χ4v) is 3.82. The van der Waals surface area contributed by atoms with Crippen molar-refractivity contribution in [3.05, 3.63) is 34.6 Å². The normalized spacial score (nSPS) is 11.2. The molecule has 0 spiro atoms. The number of carbonyl (C=O) groups is 1. The molecule has 2 aromatic heterocycles. The molecule has 0 aromatic carbocycles. The molecule has 0 bridgehead atoms. The Morgan fingerprint density at radius 2 is 2.15 bits per heavy atom. The van der Waals surface area contributed by atoms with Gasteiger partial charge < -0.3 is 5.11 Å². The van der Waals surface area contributed by atoms with Gasteiger partial charge in [0.1, 0.15) is 21.5 Å². The molecule has 10 heteroatoms. The van der Waals surface area contributed by atoms with Gasteiger partial charge in [-0.3, -0.25) is 9.52 Å². The molecule has 2 rings (SSSR count). The number of anilines is 1. The smallest absolute Gasteiger partial charge is 0.308 e. The van der Waals surface area contributed by atoms with E-state index in [0.29, 0.717) is 4.88 Å². The molecule has 106 valence electrons. The fraction of sp³-hybridized carbons (Fsp3) is 0.100. The first-order valence-corrected chi connectivity index (χ1v) is 7.85. The zero-order chi connectivity index (χ0) is 14.8. The Kier molecular flexibility index (Phi) is 4.21. The minimum Gasteiger partial charge on any atom is -0.481 e. The maximum atomic E-state index is 12.1. The van der Waals surface area contributed by atoms with Crippen LogP contribution >= 0.6 is 22.9 Å². The first-order valence-electron chi connectivity index (χ1n) is 5.18. The minimum atomic E-state index is -3.82. The molecular weight excluding hydrogens is 326 g/mol. The Bertz CT molecular complexity index is 744. The van der Waals surface area contributed by atoms with Gasteiger partial charge in [0.05, 0.1) is 6.42 Å². The van der Waals surface area contributed by atoms with Crippen LogP contribution in [0.2, 0.25) is 5.15 Å². The molecule has 0 aliphatic carbocycles. The van der Waals surface area contributed by atoms with Crippen molar-refractivity contribution in [3.63, 3.8) is 0 Å². The molecule has 0 radical (unpaired) electrons. The van der Waals surface area contributed by atoms with Crippen LogP contribution in [0.15, 0.2) is 28.7 Å². The molecule has 0 amide bonds. The molecule has 0 saturated heterocycles. The molecular formula is C10H8ClN3O4S2. The standard InChI is InChI=1S/C10H8ClN3O4S2/c11-7-4-8(13-5-12-7)14-20(17,18)10-2-1-6(19-10)3-9(15)16/h1-2,4-5H,3H2,(H,15,16)(H,12,13,14). The molecule has 2 N–H and O–H groups in total. The number of hydrogen-bond acceptors (Lipinski definition) is 6. The summed E-state index contributed by atoms with van der Waals surface area (Å²) in [7, 11) is -3.82. The highest BCUT2D eigenvalue weighted by Crippen LogP contribution is 2.24. The lowest BCUT2D eigenvalue weighted by atomic mass is 10.3. The van der Waals surface area contributed by atoms with E-state index in [0.717, 1.165) is 17.7 Å². The monoisotopic (exact) mass is 333 g/mol. The van der Waals surface area contributed by atoms with E-state index in [1.54, 1.807) is 0 Å². The van der Waals surface area contributed by atoms with Gasteiger partial charge in [0.15, 0.2) is 0 Å². The number of rotatable bonds is 5. The number of nitrogens with one attached hydrogen (secondary N) is 1. The van der Waals surface area contributed by atoms with E-state index in [2.05, 4.69) is 14.7 Å². The average Bonchev–Trinajstić information content (AvgIpc) is 2.76. The van der Waals surface area contributed by atoms with Gasteiger partial charge >= 0.3 is 5.97 Å². The number of thiophene rings is 1. The third-order valence-electron chi connectivity index (χ3n) is 2.10. The number of aromatic nitrogens is 2. The molecule has 7 nitrogen and oxygen atoms in total. The lowest BCUT2D eigenvalue weighted by molar-refractivity contribution is -0.136. The van der Waals surface area contributed by atoms with Crippen LogP contribution in [0, 0.1) is 0 Å². The van der Waals surface area contributed by atoms with Crippen LogP contribution < -0.4 is 4.72 Å². The Hall–Kier alpha value is -1.71. The summed E-state index contributed by atoms with van der Waals surface area (Å²) in [4.78, 5) is 18.4. The zero-order valence-corrected chi connectivity index (χ0v) is 12.2. The maximum Gasteiger partial charge on any atom is 0.308 e. The van der Waals surface area contributed by atoms with Crippen LogP contribution in [0.1, 0.15) is 4.88 Å². The van der Waals surface area contributed by atoms with Crippen molar-refractivity contribution in [3.8, 4) is 0 Å². The van der Waals surface area contributed by atoms with Gasteiger partial charge in [-0.25, -0.2) is 18.4 Å². The number of halogens is 1. The van der Waals surface area contributed by atoms with Gasteiger partial charge in [-0.2, -0.15) is 0 Å². The van der Waals surface area contributed by atoms with Crippen LogP contribution in [0.25, 0.3) is 0 Å². The second-order valence-electron chi connectivity index (χ2n) is 3.62. The van der Waals surface area contributed by atoms with Crippen LogP contribution in [0.5, 0.6) is 0 Å². The molecule has 0 unspecified atom stereocenters. The number of carboxylic acids is 1. The summed E-state index contributed by atoms with van der Waals surface area (Å²) in [6.45, 7) is 0. The van der Waals surface area contributed by atoms with Crippen molar-refractivity contribution >= 4 is 44.7 Å².